The number of benzene rings is 2. The first-order valence-electron chi connectivity index (χ1n) is 8.55. The van der Waals surface area contributed by atoms with E-state index in [2.05, 4.69) is 26.1 Å². The monoisotopic (exact) mass is 432 g/mol. The van der Waals surface area contributed by atoms with Crippen LogP contribution in [0.2, 0.25) is 10.0 Å². The number of nitrogens with one attached hydrogen (secondary N) is 1. The Kier molecular flexibility index (Phi) is 5.62. The molecule has 0 atom stereocenters. The fourth-order valence-electron chi connectivity index (χ4n) is 2.79. The summed E-state index contributed by atoms with van der Waals surface area (Å²) in [5.41, 5.74) is 2.18. The maximum atomic E-state index is 13.0. The third-order valence-corrected chi connectivity index (χ3v) is 5.46. The number of thiocarbonyl (C=S) groups is 1. The van der Waals surface area contributed by atoms with Crippen molar-refractivity contribution in [2.45, 2.75) is 26.2 Å². The standard InChI is InChI=1S/C21H18Cl2N2O2S/c1-21(2,3)13-9-7-12(8-10-13)11-14-18(26)24-20(28)25(19(14)27)16-6-4-5-15(22)17(16)23/h4-11H,1-3H3,(H,24,26,28)/b14-11+. The molecule has 0 aliphatic carbocycles. The Labute approximate surface area is 179 Å². The second-order valence-corrected chi connectivity index (χ2v) is 8.57. The lowest BCUT2D eigenvalue weighted by molar-refractivity contribution is -0.122. The van der Waals surface area contributed by atoms with Gasteiger partial charge in [0.15, 0.2) is 5.11 Å². The summed E-state index contributed by atoms with van der Waals surface area (Å²) in [6, 6.07) is 12.6. The number of nitrogens with zero attached hydrogens (tertiary/aromatic N) is 1. The highest BCUT2D eigenvalue weighted by molar-refractivity contribution is 7.80. The summed E-state index contributed by atoms with van der Waals surface area (Å²) in [5.74, 6) is -1.11. The summed E-state index contributed by atoms with van der Waals surface area (Å²) in [6.07, 6.45) is 1.54. The quantitative estimate of drug-likeness (QED) is 0.406. The van der Waals surface area contributed by atoms with Crippen molar-refractivity contribution in [2.75, 3.05) is 4.90 Å². The third kappa shape index (κ3) is 3.97. The molecule has 0 radical (unpaired) electrons. The van der Waals surface area contributed by atoms with Gasteiger partial charge in [0.05, 0.1) is 15.7 Å². The van der Waals surface area contributed by atoms with Crippen molar-refractivity contribution in [3.8, 4) is 0 Å². The molecule has 28 heavy (non-hydrogen) atoms. The molecule has 0 bridgehead atoms. The molecule has 1 aliphatic heterocycles. The zero-order valence-electron chi connectivity index (χ0n) is 15.5. The predicted octanol–water partition coefficient (Wildman–Crippen LogP) is 5.12. The fourth-order valence-corrected chi connectivity index (χ4v) is 3.44. The lowest BCUT2D eigenvalue weighted by Gasteiger charge is -2.29. The number of rotatable bonds is 2. The number of anilines is 1. The van der Waals surface area contributed by atoms with Gasteiger partial charge >= 0.3 is 0 Å². The van der Waals surface area contributed by atoms with Crippen LogP contribution >= 0.6 is 35.4 Å². The van der Waals surface area contributed by atoms with Crippen molar-refractivity contribution in [3.05, 3.63) is 69.2 Å². The van der Waals surface area contributed by atoms with Gasteiger partial charge in [0.2, 0.25) is 0 Å². The van der Waals surface area contributed by atoms with Crippen LogP contribution in [-0.4, -0.2) is 16.9 Å². The smallest absolute Gasteiger partial charge is 0.270 e. The van der Waals surface area contributed by atoms with Gasteiger partial charge in [0.25, 0.3) is 11.8 Å². The Hall–Kier alpha value is -2.21. The minimum absolute atomic E-state index is 0.00994. The van der Waals surface area contributed by atoms with E-state index in [1.807, 2.05) is 24.3 Å². The molecule has 7 heteroatoms. The number of amides is 2. The Morgan fingerprint density at radius 3 is 2.29 bits per heavy atom. The van der Waals surface area contributed by atoms with E-state index in [9.17, 15) is 9.59 Å². The van der Waals surface area contributed by atoms with Crippen molar-refractivity contribution in [2.24, 2.45) is 0 Å². The number of carbonyl (C=O) groups is 2. The summed E-state index contributed by atoms with van der Waals surface area (Å²) in [6.45, 7) is 6.35. The van der Waals surface area contributed by atoms with Crippen molar-refractivity contribution in [1.82, 2.24) is 5.32 Å². The Morgan fingerprint density at radius 1 is 1.04 bits per heavy atom. The highest BCUT2D eigenvalue weighted by Crippen LogP contribution is 2.34. The molecule has 0 aromatic heterocycles. The Bertz CT molecular complexity index is 1010. The number of carbonyl (C=O) groups excluding carboxylic acids is 2. The van der Waals surface area contributed by atoms with Crippen LogP contribution in [0, 0.1) is 0 Å². The number of hydrogen-bond acceptors (Lipinski definition) is 3. The number of halogens is 2. The van der Waals surface area contributed by atoms with E-state index in [1.165, 1.54) is 11.0 Å². The van der Waals surface area contributed by atoms with Crippen LogP contribution in [-0.2, 0) is 15.0 Å². The zero-order chi connectivity index (χ0) is 20.6. The zero-order valence-corrected chi connectivity index (χ0v) is 17.9. The van der Waals surface area contributed by atoms with Crippen molar-refractivity contribution < 1.29 is 9.59 Å². The molecule has 0 spiro atoms. The van der Waals surface area contributed by atoms with E-state index in [0.29, 0.717) is 5.69 Å². The Morgan fingerprint density at radius 2 is 1.68 bits per heavy atom. The summed E-state index contributed by atoms with van der Waals surface area (Å²) >= 11 is 17.5. The lowest BCUT2D eigenvalue weighted by atomic mass is 9.86. The first-order chi connectivity index (χ1) is 13.1. The molecule has 0 unspecified atom stereocenters. The molecule has 1 fully saturated rings. The van der Waals surface area contributed by atoms with Crippen molar-refractivity contribution in [1.29, 1.82) is 0 Å². The largest absolute Gasteiger partial charge is 0.298 e. The molecule has 2 aromatic carbocycles. The second kappa shape index (κ2) is 7.66. The van der Waals surface area contributed by atoms with Gasteiger partial charge in [-0.1, -0.05) is 74.3 Å². The molecule has 144 valence electrons. The van der Waals surface area contributed by atoms with Gasteiger partial charge < -0.3 is 0 Å². The molecule has 0 saturated carbocycles. The SMILES string of the molecule is CC(C)(C)c1ccc(/C=C2\C(=O)NC(=S)N(c3cccc(Cl)c3Cl)C2=O)cc1. The number of hydrogen-bond donors (Lipinski definition) is 1. The summed E-state index contributed by atoms with van der Waals surface area (Å²) in [4.78, 5) is 26.6. The van der Waals surface area contributed by atoms with Crippen LogP contribution in [0.15, 0.2) is 48.0 Å². The van der Waals surface area contributed by atoms with E-state index >= 15 is 0 Å². The van der Waals surface area contributed by atoms with Crippen LogP contribution in [0.5, 0.6) is 0 Å². The topological polar surface area (TPSA) is 49.4 Å². The van der Waals surface area contributed by atoms with Crippen molar-refractivity contribution in [3.63, 3.8) is 0 Å². The van der Waals surface area contributed by atoms with E-state index < -0.39 is 11.8 Å². The van der Waals surface area contributed by atoms with Crippen LogP contribution in [0.4, 0.5) is 5.69 Å². The summed E-state index contributed by atoms with van der Waals surface area (Å²) in [7, 11) is 0. The average Bonchev–Trinajstić information content (AvgIpc) is 2.61. The molecular formula is C21H18Cl2N2O2S. The van der Waals surface area contributed by atoms with Crippen LogP contribution in [0.1, 0.15) is 31.9 Å². The molecule has 1 N–H and O–H groups in total. The van der Waals surface area contributed by atoms with E-state index in [1.54, 1.807) is 18.2 Å². The van der Waals surface area contributed by atoms with E-state index in [4.69, 9.17) is 35.4 Å². The lowest BCUT2D eigenvalue weighted by Crippen LogP contribution is -2.54. The second-order valence-electron chi connectivity index (χ2n) is 7.40. The Balaban J connectivity index is 2.00. The molecule has 1 heterocycles. The molecular weight excluding hydrogens is 415 g/mol. The third-order valence-electron chi connectivity index (χ3n) is 4.36. The minimum atomic E-state index is -0.558. The van der Waals surface area contributed by atoms with Crippen LogP contribution in [0.3, 0.4) is 0 Å². The van der Waals surface area contributed by atoms with E-state index in [0.717, 1.165) is 11.1 Å². The van der Waals surface area contributed by atoms with Gasteiger partial charge in [-0.15, -0.1) is 0 Å². The summed E-state index contributed by atoms with van der Waals surface area (Å²) < 4.78 is 0. The van der Waals surface area contributed by atoms with E-state index in [-0.39, 0.29) is 26.1 Å². The predicted molar refractivity (Wildman–Crippen MR) is 118 cm³/mol. The maximum absolute atomic E-state index is 13.0. The first kappa shape index (κ1) is 20.5. The van der Waals surface area contributed by atoms with Gasteiger partial charge in [-0.2, -0.15) is 0 Å². The molecule has 3 rings (SSSR count). The highest BCUT2D eigenvalue weighted by Gasteiger charge is 2.35. The summed E-state index contributed by atoms with van der Waals surface area (Å²) in [5, 5.41) is 2.97. The normalized spacial score (nSPS) is 16.5. The molecule has 4 nitrogen and oxygen atoms in total. The van der Waals surface area contributed by atoms with Gasteiger partial charge in [-0.05, 0) is 47.0 Å². The van der Waals surface area contributed by atoms with Gasteiger partial charge in [0.1, 0.15) is 5.57 Å². The fraction of sp³-hybridized carbons (Fsp3) is 0.190. The van der Waals surface area contributed by atoms with Gasteiger partial charge in [-0.25, -0.2) is 0 Å². The van der Waals surface area contributed by atoms with Crippen molar-refractivity contribution >= 4 is 64.1 Å². The minimum Gasteiger partial charge on any atom is -0.298 e. The molecule has 1 aliphatic rings. The van der Waals surface area contributed by atoms with Crippen LogP contribution < -0.4 is 10.2 Å². The molecule has 2 amide bonds. The first-order valence-corrected chi connectivity index (χ1v) is 9.72. The van der Waals surface area contributed by atoms with Crippen LogP contribution in [0.25, 0.3) is 6.08 Å². The average molecular weight is 433 g/mol. The maximum Gasteiger partial charge on any atom is 0.270 e. The molecule has 1 saturated heterocycles. The van der Waals surface area contributed by atoms with Gasteiger partial charge in [-0.3, -0.25) is 19.8 Å². The highest BCUT2D eigenvalue weighted by atomic mass is 35.5. The van der Waals surface area contributed by atoms with Gasteiger partial charge in [0, 0.05) is 0 Å². The molecule has 2 aromatic rings.